The van der Waals surface area contributed by atoms with Crippen LogP contribution in [0.3, 0.4) is 0 Å². The number of aromatic carboxylic acids is 1. The summed E-state index contributed by atoms with van der Waals surface area (Å²) in [4.78, 5) is 15.1. The molecule has 3 N–H and O–H groups in total. The molecule has 1 heterocycles. The second-order valence-corrected chi connectivity index (χ2v) is 4.49. The minimum absolute atomic E-state index is 0.142. The highest BCUT2D eigenvalue weighted by atomic mass is 32.1. The monoisotopic (exact) mass is 238 g/mol. The summed E-state index contributed by atoms with van der Waals surface area (Å²) in [6.45, 7) is 7.54. The first-order valence-corrected chi connectivity index (χ1v) is 5.47. The minimum atomic E-state index is -1.02. The third kappa shape index (κ3) is 1.99. The Hall–Kier alpha value is -1.62. The lowest BCUT2D eigenvalue weighted by molar-refractivity contribution is 0.0703. The van der Waals surface area contributed by atoms with Gasteiger partial charge in [0.1, 0.15) is 4.88 Å². The summed E-state index contributed by atoms with van der Waals surface area (Å²) in [7, 11) is 1.68. The number of nitrogen functional groups attached to an aromatic ring is 1. The van der Waals surface area contributed by atoms with E-state index in [1.54, 1.807) is 7.05 Å². The number of carboxylic acid groups (broad SMARTS) is 1. The average molecular weight is 238 g/mol. The van der Waals surface area contributed by atoms with Crippen molar-refractivity contribution in [3.05, 3.63) is 14.6 Å². The zero-order chi connectivity index (χ0) is 12.5. The van der Waals surface area contributed by atoms with E-state index >= 15 is 0 Å². The number of aliphatic imine (C=N–C) groups is 1. The fourth-order valence-corrected chi connectivity index (χ4v) is 2.32. The van der Waals surface area contributed by atoms with Crippen molar-refractivity contribution >= 4 is 40.9 Å². The van der Waals surface area contributed by atoms with Crippen LogP contribution in [-0.4, -0.2) is 23.8 Å². The van der Waals surface area contributed by atoms with E-state index in [0.29, 0.717) is 9.75 Å². The van der Waals surface area contributed by atoms with Gasteiger partial charge in [-0.1, -0.05) is 6.58 Å². The molecule has 0 fully saturated rings. The van der Waals surface area contributed by atoms with Crippen LogP contribution in [-0.2, 0) is 0 Å². The molecule has 0 bridgehead atoms. The molecule has 0 atom stereocenters. The van der Waals surface area contributed by atoms with Crippen molar-refractivity contribution in [2.75, 3.05) is 12.8 Å². The summed E-state index contributed by atoms with van der Waals surface area (Å²) in [6.07, 6.45) is 0. The summed E-state index contributed by atoms with van der Waals surface area (Å²) < 4.78 is 0.662. The van der Waals surface area contributed by atoms with Gasteiger partial charge in [-0.2, -0.15) is 0 Å². The highest BCUT2D eigenvalue weighted by molar-refractivity contribution is 7.12. The number of carboxylic acids is 1. The molecule has 0 saturated heterocycles. The van der Waals surface area contributed by atoms with Gasteiger partial charge in [-0.05, 0) is 19.4 Å². The molecule has 16 heavy (non-hydrogen) atoms. The average Bonchev–Trinajstić information content (AvgIpc) is 2.52. The molecule has 0 aliphatic heterocycles. The molecule has 0 saturated carbocycles. The molecule has 1 aromatic rings. The van der Waals surface area contributed by atoms with E-state index in [4.69, 9.17) is 10.8 Å². The first-order valence-electron chi connectivity index (χ1n) is 4.65. The third-order valence-corrected chi connectivity index (χ3v) is 3.51. The molecule has 0 unspecified atom stereocenters. The largest absolute Gasteiger partial charge is 0.477 e. The molecule has 0 radical (unpaired) electrons. The first kappa shape index (κ1) is 12.4. The van der Waals surface area contributed by atoms with E-state index in [0.717, 1.165) is 22.6 Å². The van der Waals surface area contributed by atoms with E-state index in [1.807, 2.05) is 13.8 Å². The summed E-state index contributed by atoms with van der Waals surface area (Å²) in [6, 6.07) is 0. The fourth-order valence-electron chi connectivity index (χ4n) is 1.41. The van der Waals surface area contributed by atoms with Crippen molar-refractivity contribution in [1.29, 1.82) is 0 Å². The van der Waals surface area contributed by atoms with Gasteiger partial charge >= 0.3 is 5.97 Å². The van der Waals surface area contributed by atoms with Gasteiger partial charge in [0.05, 0.1) is 5.69 Å². The van der Waals surface area contributed by atoms with Crippen molar-refractivity contribution in [2.45, 2.75) is 13.8 Å². The van der Waals surface area contributed by atoms with E-state index in [-0.39, 0.29) is 10.6 Å². The maximum atomic E-state index is 10.9. The number of nitrogens with two attached hydrogens (primary N) is 1. The lowest BCUT2D eigenvalue weighted by atomic mass is 10.1. The fraction of sp³-hybridized carbons (Fsp3) is 0.273. The smallest absolute Gasteiger partial charge is 0.348 e. The van der Waals surface area contributed by atoms with Crippen LogP contribution >= 0.6 is 11.3 Å². The Bertz CT molecular complexity index is 570. The molecule has 1 rings (SSSR count). The number of carbonyl (C=O) groups is 1. The van der Waals surface area contributed by atoms with Crippen molar-refractivity contribution in [1.82, 2.24) is 0 Å². The molecular weight excluding hydrogens is 224 g/mol. The lowest BCUT2D eigenvalue weighted by Gasteiger charge is -1.99. The quantitative estimate of drug-likeness (QED) is 0.745. The van der Waals surface area contributed by atoms with Gasteiger partial charge < -0.3 is 10.8 Å². The Kier molecular flexibility index (Phi) is 3.49. The highest BCUT2D eigenvalue weighted by Crippen LogP contribution is 2.11. The van der Waals surface area contributed by atoms with Crippen molar-refractivity contribution in [3.8, 4) is 0 Å². The normalized spacial score (nSPS) is 13.8. The molecule has 5 heteroatoms. The van der Waals surface area contributed by atoms with Crippen LogP contribution in [0.1, 0.15) is 23.5 Å². The topological polar surface area (TPSA) is 75.7 Å². The van der Waals surface area contributed by atoms with Gasteiger partial charge in [-0.15, -0.1) is 11.3 Å². The van der Waals surface area contributed by atoms with E-state index in [9.17, 15) is 4.79 Å². The van der Waals surface area contributed by atoms with Crippen molar-refractivity contribution in [2.24, 2.45) is 4.99 Å². The van der Waals surface area contributed by atoms with Gasteiger partial charge in [-0.3, -0.25) is 4.99 Å². The SMILES string of the molecule is C=c1sc(C(=O)O)c(N)/c1=C(\C)C(C)=NC. The Labute approximate surface area is 97.4 Å². The summed E-state index contributed by atoms with van der Waals surface area (Å²) in [5.41, 5.74) is 7.79. The predicted molar refractivity (Wildman–Crippen MR) is 68.6 cm³/mol. The molecule has 0 aliphatic carbocycles. The van der Waals surface area contributed by atoms with Gasteiger partial charge in [0, 0.05) is 22.5 Å². The first-order chi connectivity index (χ1) is 7.40. The molecule has 0 aromatic carbocycles. The van der Waals surface area contributed by atoms with Crippen LogP contribution in [0.5, 0.6) is 0 Å². The number of hydrogen-bond donors (Lipinski definition) is 2. The van der Waals surface area contributed by atoms with Crippen LogP contribution in [0.25, 0.3) is 12.2 Å². The van der Waals surface area contributed by atoms with Crippen LogP contribution < -0.4 is 15.5 Å². The Morgan fingerprint density at radius 2 is 2.06 bits per heavy atom. The summed E-state index contributed by atoms with van der Waals surface area (Å²) >= 11 is 1.09. The Morgan fingerprint density at radius 1 is 1.50 bits per heavy atom. The van der Waals surface area contributed by atoms with Gasteiger partial charge in [0.2, 0.25) is 0 Å². The molecule has 86 valence electrons. The van der Waals surface area contributed by atoms with Gasteiger partial charge in [-0.25, -0.2) is 4.79 Å². The number of rotatable bonds is 2. The zero-order valence-corrected chi connectivity index (χ0v) is 10.3. The van der Waals surface area contributed by atoms with Crippen molar-refractivity contribution in [3.63, 3.8) is 0 Å². The van der Waals surface area contributed by atoms with Crippen LogP contribution in [0.15, 0.2) is 4.99 Å². The summed E-state index contributed by atoms with van der Waals surface area (Å²) in [5.74, 6) is -1.02. The second-order valence-electron chi connectivity index (χ2n) is 3.38. The van der Waals surface area contributed by atoms with Crippen LogP contribution in [0.2, 0.25) is 0 Å². The number of nitrogens with zero attached hydrogens (tertiary/aromatic N) is 1. The molecule has 0 aliphatic rings. The molecule has 4 nitrogen and oxygen atoms in total. The van der Waals surface area contributed by atoms with E-state index in [2.05, 4.69) is 11.6 Å². The number of anilines is 1. The predicted octanol–water partition coefficient (Wildman–Crippen LogP) is 0.700. The van der Waals surface area contributed by atoms with Gasteiger partial charge in [0.15, 0.2) is 0 Å². The van der Waals surface area contributed by atoms with E-state index in [1.165, 1.54) is 0 Å². The Morgan fingerprint density at radius 3 is 2.44 bits per heavy atom. The molecule has 0 amide bonds. The van der Waals surface area contributed by atoms with Gasteiger partial charge in [0.25, 0.3) is 0 Å². The maximum absolute atomic E-state index is 10.9. The van der Waals surface area contributed by atoms with Crippen LogP contribution in [0, 0.1) is 0 Å². The summed E-state index contributed by atoms with van der Waals surface area (Å²) in [5, 5.41) is 9.64. The maximum Gasteiger partial charge on any atom is 0.348 e. The molecule has 0 spiro atoms. The highest BCUT2D eigenvalue weighted by Gasteiger charge is 2.14. The number of thiophene rings is 1. The second kappa shape index (κ2) is 4.49. The Balaban J connectivity index is 3.72. The third-order valence-electron chi connectivity index (χ3n) is 2.47. The van der Waals surface area contributed by atoms with Crippen LogP contribution in [0.4, 0.5) is 5.69 Å². The minimum Gasteiger partial charge on any atom is -0.477 e. The lowest BCUT2D eigenvalue weighted by Crippen LogP contribution is -2.25. The molecular formula is C11H14N2O2S. The van der Waals surface area contributed by atoms with Crippen molar-refractivity contribution < 1.29 is 9.90 Å². The zero-order valence-electron chi connectivity index (χ0n) is 9.50. The molecule has 1 aromatic heterocycles. The van der Waals surface area contributed by atoms with E-state index < -0.39 is 5.97 Å². The number of hydrogen-bond acceptors (Lipinski definition) is 4. The standard InChI is InChI=1S/C11H14N2O2S/c1-5(6(2)13-4)8-7(3)16-10(9(8)12)11(14)15/h3,12H2,1-2,4H3,(H,14,15)/b8-5+,13-6?.